The fourth-order valence-electron chi connectivity index (χ4n) is 4.02. The van der Waals surface area contributed by atoms with Crippen LogP contribution in [0.25, 0.3) is 0 Å². The molecule has 0 fully saturated rings. The number of carbonyl (C=O) groups excluding carboxylic acids is 1. The second-order valence-corrected chi connectivity index (χ2v) is 8.65. The van der Waals surface area contributed by atoms with Crippen LogP contribution in [0.15, 0.2) is 52.1 Å². The van der Waals surface area contributed by atoms with E-state index in [1.54, 1.807) is 31.2 Å². The zero-order valence-electron chi connectivity index (χ0n) is 18.5. The van der Waals surface area contributed by atoms with E-state index < -0.39 is 23.3 Å². The summed E-state index contributed by atoms with van der Waals surface area (Å²) < 4.78 is 7.09. The molecule has 33 heavy (non-hydrogen) atoms. The summed E-state index contributed by atoms with van der Waals surface area (Å²) in [5, 5.41) is 3.73. The molecule has 8 nitrogen and oxygen atoms in total. The highest BCUT2D eigenvalue weighted by molar-refractivity contribution is 6.30. The highest BCUT2D eigenvalue weighted by Gasteiger charge is 2.20. The van der Waals surface area contributed by atoms with Gasteiger partial charge in [-0.3, -0.25) is 9.36 Å². The lowest BCUT2D eigenvalue weighted by molar-refractivity contribution is -0.145. The number of benzene rings is 2. The topological polar surface area (TPSA) is 95.2 Å². The number of carbonyl (C=O) groups is 1. The fourth-order valence-corrected chi connectivity index (χ4v) is 4.15. The summed E-state index contributed by atoms with van der Waals surface area (Å²) >= 11 is 6.00. The molecule has 0 saturated heterocycles. The Morgan fingerprint density at radius 3 is 2.58 bits per heavy atom. The number of halogens is 1. The molecule has 1 N–H and O–H groups in total. The lowest BCUT2D eigenvalue weighted by Crippen LogP contribution is -2.44. The number of nitrogens with zero attached hydrogens (tertiary/aromatic N) is 3. The summed E-state index contributed by atoms with van der Waals surface area (Å²) in [6.07, 6.45) is 3.18. The lowest BCUT2D eigenvalue weighted by Gasteiger charge is -2.17. The number of hydrogen-bond acceptors (Lipinski definition) is 6. The molecule has 0 radical (unpaired) electrons. The van der Waals surface area contributed by atoms with E-state index in [9.17, 15) is 14.4 Å². The third-order valence-corrected chi connectivity index (χ3v) is 6.07. The van der Waals surface area contributed by atoms with Crippen molar-refractivity contribution >= 4 is 29.2 Å². The van der Waals surface area contributed by atoms with Gasteiger partial charge in [-0.05, 0) is 60.2 Å². The van der Waals surface area contributed by atoms with Gasteiger partial charge in [-0.15, -0.1) is 0 Å². The van der Waals surface area contributed by atoms with Crippen LogP contribution in [0.1, 0.15) is 30.0 Å². The average Bonchev–Trinajstić information content (AvgIpc) is 3.27. The summed E-state index contributed by atoms with van der Waals surface area (Å²) in [6.45, 7) is 1.64. The molecule has 9 heteroatoms. The van der Waals surface area contributed by atoms with Gasteiger partial charge >= 0.3 is 17.3 Å². The maximum Gasteiger partial charge on any atom is 0.354 e. The molecule has 0 amide bonds. The van der Waals surface area contributed by atoms with Crippen molar-refractivity contribution in [1.82, 2.24) is 14.1 Å². The van der Waals surface area contributed by atoms with Gasteiger partial charge < -0.3 is 10.1 Å². The van der Waals surface area contributed by atoms with Gasteiger partial charge in [0.05, 0.1) is 19.6 Å². The minimum atomic E-state index is -0.730. The molecule has 0 spiro atoms. The normalized spacial score (nSPS) is 13.4. The Labute approximate surface area is 195 Å². The van der Waals surface area contributed by atoms with E-state index in [0.717, 1.165) is 35.1 Å². The van der Waals surface area contributed by atoms with Crippen LogP contribution in [0.4, 0.5) is 11.6 Å². The van der Waals surface area contributed by atoms with Crippen LogP contribution >= 0.6 is 11.6 Å². The molecule has 0 saturated carbocycles. The molecule has 1 aliphatic carbocycles. The van der Waals surface area contributed by atoms with Crippen LogP contribution in [0.2, 0.25) is 5.02 Å². The standard InChI is InChI=1S/C24H25ClN4O4/c1-15(21(30)33-2)13-29-23(31)27-22(26-20-11-8-17-4-3-5-18(17)12-20)28(24(29)32)14-16-6-9-19(25)10-7-16/h6-12,15H,3-5,13-14H2,1-2H3,(H,26,27,31)/t15-/m0/s1. The number of fused-ring (bicyclic) bond motifs is 1. The minimum Gasteiger partial charge on any atom is -0.469 e. The number of methoxy groups -OCH3 is 1. The van der Waals surface area contributed by atoms with Crippen molar-refractivity contribution in [2.45, 2.75) is 39.3 Å². The Hall–Kier alpha value is -3.39. The van der Waals surface area contributed by atoms with E-state index in [1.807, 2.05) is 12.1 Å². The van der Waals surface area contributed by atoms with Crippen LogP contribution in [0, 0.1) is 5.92 Å². The molecule has 1 atom stereocenters. The number of hydrogen-bond donors (Lipinski definition) is 1. The van der Waals surface area contributed by atoms with Crippen LogP contribution in [-0.2, 0) is 35.5 Å². The molecule has 1 heterocycles. The van der Waals surface area contributed by atoms with Crippen LogP contribution in [0.3, 0.4) is 0 Å². The summed E-state index contributed by atoms with van der Waals surface area (Å²) in [5.74, 6) is -1.05. The third-order valence-electron chi connectivity index (χ3n) is 5.82. The lowest BCUT2D eigenvalue weighted by atomic mass is 10.1. The first kappa shape index (κ1) is 22.8. The molecule has 0 aliphatic heterocycles. The van der Waals surface area contributed by atoms with E-state index >= 15 is 0 Å². The van der Waals surface area contributed by atoms with Gasteiger partial charge in [-0.2, -0.15) is 4.98 Å². The molecule has 3 aromatic rings. The van der Waals surface area contributed by atoms with Gasteiger partial charge in [0, 0.05) is 17.3 Å². The van der Waals surface area contributed by atoms with Crippen molar-refractivity contribution in [2.24, 2.45) is 5.92 Å². The third kappa shape index (κ3) is 5.01. The van der Waals surface area contributed by atoms with Crippen molar-refractivity contribution in [1.29, 1.82) is 0 Å². The number of anilines is 2. The summed E-state index contributed by atoms with van der Waals surface area (Å²) in [5.41, 5.74) is 2.85. The first-order valence-corrected chi connectivity index (χ1v) is 11.2. The van der Waals surface area contributed by atoms with Gasteiger partial charge in [-0.25, -0.2) is 14.2 Å². The van der Waals surface area contributed by atoms with Crippen LogP contribution in [0.5, 0.6) is 0 Å². The van der Waals surface area contributed by atoms with Gasteiger partial charge in [0.2, 0.25) is 5.95 Å². The Morgan fingerprint density at radius 1 is 1.12 bits per heavy atom. The smallest absolute Gasteiger partial charge is 0.354 e. The van der Waals surface area contributed by atoms with Crippen molar-refractivity contribution in [3.63, 3.8) is 0 Å². The van der Waals surface area contributed by atoms with Gasteiger partial charge in [0.15, 0.2) is 0 Å². The number of aromatic nitrogens is 3. The van der Waals surface area contributed by atoms with Crippen molar-refractivity contribution in [3.05, 3.63) is 85.1 Å². The molecule has 172 valence electrons. The largest absolute Gasteiger partial charge is 0.469 e. The summed E-state index contributed by atoms with van der Waals surface area (Å²) in [7, 11) is 1.27. The summed E-state index contributed by atoms with van der Waals surface area (Å²) in [4.78, 5) is 42.1. The van der Waals surface area contributed by atoms with E-state index in [0.29, 0.717) is 5.02 Å². The van der Waals surface area contributed by atoms with E-state index in [4.69, 9.17) is 16.3 Å². The molecule has 4 rings (SSSR count). The maximum absolute atomic E-state index is 13.4. The average molecular weight is 469 g/mol. The molecule has 2 aromatic carbocycles. The number of rotatable bonds is 7. The molecular weight excluding hydrogens is 444 g/mol. The highest BCUT2D eigenvalue weighted by Crippen LogP contribution is 2.26. The molecule has 0 bridgehead atoms. The molecular formula is C24H25ClN4O4. The Morgan fingerprint density at radius 2 is 1.85 bits per heavy atom. The van der Waals surface area contributed by atoms with Crippen LogP contribution < -0.4 is 16.7 Å². The van der Waals surface area contributed by atoms with Crippen LogP contribution in [-0.4, -0.2) is 27.2 Å². The predicted molar refractivity (Wildman–Crippen MR) is 126 cm³/mol. The Kier molecular flexibility index (Phi) is 6.65. The first-order valence-electron chi connectivity index (χ1n) is 10.8. The second kappa shape index (κ2) is 9.62. The number of aryl methyl sites for hydroxylation is 2. The highest BCUT2D eigenvalue weighted by atomic mass is 35.5. The first-order chi connectivity index (χ1) is 15.9. The van der Waals surface area contributed by atoms with Crippen molar-refractivity contribution in [3.8, 4) is 0 Å². The SMILES string of the molecule is COC(=O)[C@@H](C)Cn1c(=O)nc(Nc2ccc3c(c2)CCC3)n(Cc2ccc(Cl)cc2)c1=O. The van der Waals surface area contributed by atoms with Gasteiger partial charge in [0.25, 0.3) is 0 Å². The monoisotopic (exact) mass is 468 g/mol. The van der Waals surface area contributed by atoms with E-state index in [2.05, 4.69) is 16.4 Å². The van der Waals surface area contributed by atoms with Crippen molar-refractivity contribution < 1.29 is 9.53 Å². The predicted octanol–water partition coefficient (Wildman–Crippen LogP) is 3.15. The number of nitrogens with one attached hydrogen (secondary N) is 1. The quantitative estimate of drug-likeness (QED) is 0.535. The molecule has 1 aromatic heterocycles. The minimum absolute atomic E-state index is 0.128. The fraction of sp³-hybridized carbons (Fsp3) is 0.333. The molecule has 0 unspecified atom stereocenters. The maximum atomic E-state index is 13.4. The van der Waals surface area contributed by atoms with Crippen molar-refractivity contribution in [2.75, 3.05) is 12.4 Å². The second-order valence-electron chi connectivity index (χ2n) is 8.21. The Balaban J connectivity index is 1.75. The number of esters is 1. The zero-order valence-corrected chi connectivity index (χ0v) is 19.3. The van der Waals surface area contributed by atoms with Gasteiger partial charge in [0.1, 0.15) is 0 Å². The Bertz CT molecular complexity index is 1300. The molecule has 1 aliphatic rings. The summed E-state index contributed by atoms with van der Waals surface area (Å²) in [6, 6.07) is 13.1. The number of ether oxygens (including phenoxy) is 1. The zero-order chi connectivity index (χ0) is 23.5. The van der Waals surface area contributed by atoms with E-state index in [-0.39, 0.29) is 19.0 Å². The van der Waals surface area contributed by atoms with E-state index in [1.165, 1.54) is 22.8 Å². The van der Waals surface area contributed by atoms with Gasteiger partial charge in [-0.1, -0.05) is 36.7 Å².